The zero-order chi connectivity index (χ0) is 13.8. The highest BCUT2D eigenvalue weighted by Gasteiger charge is 2.20. The molecule has 0 aliphatic carbocycles. The molecule has 0 spiro atoms. The van der Waals surface area contributed by atoms with Crippen LogP contribution in [0.3, 0.4) is 0 Å². The Labute approximate surface area is 111 Å². The third-order valence-electron chi connectivity index (χ3n) is 2.82. The minimum Gasteiger partial charge on any atom is -0.336 e. The average Bonchev–Trinajstić information content (AvgIpc) is 2.83. The van der Waals surface area contributed by atoms with Crippen molar-refractivity contribution in [3.05, 3.63) is 47.5 Å². The van der Waals surface area contributed by atoms with Crippen molar-refractivity contribution in [3.63, 3.8) is 0 Å². The van der Waals surface area contributed by atoms with Crippen LogP contribution < -0.4 is 5.73 Å². The molecule has 1 amide bonds. The van der Waals surface area contributed by atoms with Gasteiger partial charge in [-0.05, 0) is 12.5 Å². The van der Waals surface area contributed by atoms with Gasteiger partial charge in [-0.3, -0.25) is 9.89 Å². The van der Waals surface area contributed by atoms with E-state index in [0.29, 0.717) is 12.4 Å². The van der Waals surface area contributed by atoms with Crippen LogP contribution in [0.15, 0.2) is 30.3 Å². The van der Waals surface area contributed by atoms with Gasteiger partial charge in [0.1, 0.15) is 11.9 Å². The third kappa shape index (κ3) is 3.17. The number of aromatic nitrogens is 3. The average molecular weight is 259 g/mol. The number of aryl methyl sites for hydroxylation is 1. The van der Waals surface area contributed by atoms with E-state index in [1.54, 1.807) is 7.05 Å². The Morgan fingerprint density at radius 2 is 2.11 bits per heavy atom. The van der Waals surface area contributed by atoms with Gasteiger partial charge in [0.05, 0.1) is 6.54 Å². The van der Waals surface area contributed by atoms with Crippen LogP contribution >= 0.6 is 0 Å². The fourth-order valence-corrected chi connectivity index (χ4v) is 1.79. The molecule has 0 saturated heterocycles. The summed E-state index contributed by atoms with van der Waals surface area (Å²) in [5.41, 5.74) is 6.76. The molecule has 0 fully saturated rings. The first-order valence-electron chi connectivity index (χ1n) is 6.01. The van der Waals surface area contributed by atoms with Gasteiger partial charge >= 0.3 is 0 Å². The largest absolute Gasteiger partial charge is 0.336 e. The standard InChI is InChI=1S/C13H17N5O/c1-9-15-11(17-16-9)8-18(2)13(19)12(14)10-6-4-3-5-7-10/h3-7,12H,8,14H2,1-2H3,(H,15,16,17). The molecule has 0 radical (unpaired) electrons. The number of nitrogens with two attached hydrogens (primary N) is 1. The van der Waals surface area contributed by atoms with E-state index in [9.17, 15) is 4.79 Å². The summed E-state index contributed by atoms with van der Waals surface area (Å²) in [4.78, 5) is 17.9. The topological polar surface area (TPSA) is 87.9 Å². The first-order chi connectivity index (χ1) is 9.08. The number of nitrogens with one attached hydrogen (secondary N) is 1. The van der Waals surface area contributed by atoms with Crippen LogP contribution in [0, 0.1) is 6.92 Å². The number of hydrogen-bond acceptors (Lipinski definition) is 4. The number of amides is 1. The van der Waals surface area contributed by atoms with Crippen molar-refractivity contribution in [2.75, 3.05) is 7.05 Å². The Bertz CT molecular complexity index is 551. The quantitative estimate of drug-likeness (QED) is 0.849. The zero-order valence-electron chi connectivity index (χ0n) is 11.0. The van der Waals surface area contributed by atoms with Gasteiger partial charge in [-0.2, -0.15) is 5.10 Å². The van der Waals surface area contributed by atoms with Crippen molar-refractivity contribution in [1.82, 2.24) is 20.1 Å². The highest BCUT2D eigenvalue weighted by molar-refractivity contribution is 5.82. The SMILES string of the molecule is Cc1nc(CN(C)C(=O)C(N)c2ccccc2)n[nH]1. The van der Waals surface area contributed by atoms with E-state index >= 15 is 0 Å². The first kappa shape index (κ1) is 13.2. The van der Waals surface area contributed by atoms with Crippen LogP contribution in [0.1, 0.15) is 23.3 Å². The Hall–Kier alpha value is -2.21. The lowest BCUT2D eigenvalue weighted by atomic mass is 10.1. The summed E-state index contributed by atoms with van der Waals surface area (Å²) in [6, 6.07) is 8.63. The van der Waals surface area contributed by atoms with Gasteiger partial charge in [-0.15, -0.1) is 0 Å². The van der Waals surface area contributed by atoms with Gasteiger partial charge in [0.2, 0.25) is 5.91 Å². The summed E-state index contributed by atoms with van der Waals surface area (Å²) >= 11 is 0. The summed E-state index contributed by atoms with van der Waals surface area (Å²) in [6.45, 7) is 2.15. The molecule has 19 heavy (non-hydrogen) atoms. The van der Waals surface area contributed by atoms with E-state index in [1.165, 1.54) is 4.90 Å². The molecular weight excluding hydrogens is 242 g/mol. The van der Waals surface area contributed by atoms with E-state index in [4.69, 9.17) is 5.73 Å². The molecule has 0 aliphatic heterocycles. The maximum absolute atomic E-state index is 12.2. The number of benzene rings is 1. The molecular formula is C13H17N5O. The van der Waals surface area contributed by atoms with E-state index in [2.05, 4.69) is 15.2 Å². The minimum absolute atomic E-state index is 0.159. The summed E-state index contributed by atoms with van der Waals surface area (Å²) in [5, 5.41) is 6.74. The van der Waals surface area contributed by atoms with Crippen LogP contribution in [-0.2, 0) is 11.3 Å². The molecule has 2 aromatic rings. The smallest absolute Gasteiger partial charge is 0.244 e. The lowest BCUT2D eigenvalue weighted by molar-refractivity contribution is -0.132. The van der Waals surface area contributed by atoms with Gasteiger partial charge in [0.15, 0.2) is 5.82 Å². The van der Waals surface area contributed by atoms with E-state index in [1.807, 2.05) is 37.3 Å². The third-order valence-corrected chi connectivity index (χ3v) is 2.82. The molecule has 2 rings (SSSR count). The second kappa shape index (κ2) is 5.62. The zero-order valence-corrected chi connectivity index (χ0v) is 11.0. The normalized spacial score (nSPS) is 12.2. The maximum Gasteiger partial charge on any atom is 0.244 e. The minimum atomic E-state index is -0.661. The fraction of sp³-hybridized carbons (Fsp3) is 0.308. The number of hydrogen-bond donors (Lipinski definition) is 2. The van der Waals surface area contributed by atoms with Gasteiger partial charge in [-0.1, -0.05) is 30.3 Å². The Balaban J connectivity index is 2.03. The Morgan fingerprint density at radius 3 is 2.68 bits per heavy atom. The highest BCUT2D eigenvalue weighted by Crippen LogP contribution is 2.12. The predicted molar refractivity (Wildman–Crippen MR) is 71.0 cm³/mol. The molecule has 6 heteroatoms. The molecule has 0 saturated carbocycles. The molecule has 100 valence electrons. The van der Waals surface area contributed by atoms with Crippen LogP contribution in [0.5, 0.6) is 0 Å². The van der Waals surface area contributed by atoms with Crippen LogP contribution in [0.2, 0.25) is 0 Å². The Kier molecular flexibility index (Phi) is 3.91. The fourth-order valence-electron chi connectivity index (χ4n) is 1.79. The second-order valence-corrected chi connectivity index (χ2v) is 4.42. The molecule has 1 aromatic heterocycles. The van der Waals surface area contributed by atoms with Crippen molar-refractivity contribution < 1.29 is 4.79 Å². The highest BCUT2D eigenvalue weighted by atomic mass is 16.2. The number of carbonyl (C=O) groups is 1. The molecule has 1 unspecified atom stereocenters. The van der Waals surface area contributed by atoms with Crippen molar-refractivity contribution in [2.24, 2.45) is 5.73 Å². The van der Waals surface area contributed by atoms with Gasteiger partial charge in [0.25, 0.3) is 0 Å². The van der Waals surface area contributed by atoms with Gasteiger partial charge in [-0.25, -0.2) is 4.98 Å². The molecule has 0 bridgehead atoms. The summed E-state index contributed by atoms with van der Waals surface area (Å²) in [7, 11) is 1.69. The molecule has 6 nitrogen and oxygen atoms in total. The van der Waals surface area contributed by atoms with Crippen molar-refractivity contribution in [2.45, 2.75) is 19.5 Å². The molecule has 1 aromatic carbocycles. The van der Waals surface area contributed by atoms with Crippen LogP contribution in [0.4, 0.5) is 0 Å². The number of likely N-dealkylation sites (N-methyl/N-ethyl adjacent to an activating group) is 1. The van der Waals surface area contributed by atoms with Gasteiger partial charge < -0.3 is 10.6 Å². The first-order valence-corrected chi connectivity index (χ1v) is 6.01. The number of H-pyrrole nitrogens is 1. The molecule has 1 atom stereocenters. The number of nitrogens with zero attached hydrogens (tertiary/aromatic N) is 3. The maximum atomic E-state index is 12.2. The van der Waals surface area contributed by atoms with Crippen LogP contribution in [0.25, 0.3) is 0 Å². The predicted octanol–water partition coefficient (Wildman–Crippen LogP) is 0.772. The Morgan fingerprint density at radius 1 is 1.42 bits per heavy atom. The molecule has 3 N–H and O–H groups in total. The summed E-state index contributed by atoms with van der Waals surface area (Å²) in [5.74, 6) is 1.14. The van der Waals surface area contributed by atoms with E-state index in [0.717, 1.165) is 11.4 Å². The second-order valence-electron chi connectivity index (χ2n) is 4.42. The molecule has 1 heterocycles. The van der Waals surface area contributed by atoms with E-state index in [-0.39, 0.29) is 5.91 Å². The van der Waals surface area contributed by atoms with Crippen molar-refractivity contribution in [1.29, 1.82) is 0 Å². The number of carbonyl (C=O) groups excluding carboxylic acids is 1. The summed E-state index contributed by atoms with van der Waals surface area (Å²) < 4.78 is 0. The van der Waals surface area contributed by atoms with Crippen molar-refractivity contribution >= 4 is 5.91 Å². The lowest BCUT2D eigenvalue weighted by Crippen LogP contribution is -2.35. The van der Waals surface area contributed by atoms with Crippen molar-refractivity contribution in [3.8, 4) is 0 Å². The van der Waals surface area contributed by atoms with Crippen LogP contribution in [-0.4, -0.2) is 33.0 Å². The molecule has 0 aliphatic rings. The van der Waals surface area contributed by atoms with E-state index < -0.39 is 6.04 Å². The number of aromatic amines is 1. The monoisotopic (exact) mass is 259 g/mol. The van der Waals surface area contributed by atoms with Gasteiger partial charge in [0, 0.05) is 7.05 Å². The lowest BCUT2D eigenvalue weighted by Gasteiger charge is -2.20. The number of rotatable bonds is 4. The summed E-state index contributed by atoms with van der Waals surface area (Å²) in [6.07, 6.45) is 0.